The van der Waals surface area contributed by atoms with E-state index in [1.54, 1.807) is 18.2 Å². The average molecular weight is 496 g/mol. The van der Waals surface area contributed by atoms with Crippen molar-refractivity contribution < 1.29 is 4.79 Å². The maximum atomic E-state index is 12.4. The number of hydrazone groups is 1. The molecule has 1 N–H and O–H groups in total. The maximum absolute atomic E-state index is 12.4. The summed E-state index contributed by atoms with van der Waals surface area (Å²) in [6.07, 6.45) is 1.46. The van der Waals surface area contributed by atoms with Gasteiger partial charge in [0.1, 0.15) is 0 Å². The molecule has 6 nitrogen and oxygen atoms in total. The van der Waals surface area contributed by atoms with Crippen molar-refractivity contribution in [3.8, 4) is 17.1 Å². The molecule has 1 aromatic heterocycles. The van der Waals surface area contributed by atoms with Gasteiger partial charge in [0.2, 0.25) is 0 Å². The van der Waals surface area contributed by atoms with E-state index < -0.39 is 0 Å². The normalized spacial score (nSPS) is 11.1. The second-order valence-electron chi connectivity index (χ2n) is 7.07. The van der Waals surface area contributed by atoms with E-state index in [0.717, 1.165) is 16.8 Å². The van der Waals surface area contributed by atoms with Gasteiger partial charge in [0.25, 0.3) is 5.91 Å². The number of thioether (sulfide) groups is 1. The quantitative estimate of drug-likeness (QED) is 0.200. The van der Waals surface area contributed by atoms with Crippen molar-refractivity contribution in [2.24, 2.45) is 5.10 Å². The molecule has 0 bridgehead atoms. The third kappa shape index (κ3) is 5.63. The molecule has 3 aromatic carbocycles. The molecule has 0 radical (unpaired) electrons. The lowest BCUT2D eigenvalue weighted by molar-refractivity contribution is -0.118. The van der Waals surface area contributed by atoms with Crippen LogP contribution in [0.15, 0.2) is 83.1 Å². The molecule has 0 unspecified atom stereocenters. The zero-order valence-corrected chi connectivity index (χ0v) is 19.9. The lowest BCUT2D eigenvalue weighted by atomic mass is 10.2. The predicted molar refractivity (Wildman–Crippen MR) is 134 cm³/mol. The molecule has 33 heavy (non-hydrogen) atoms. The van der Waals surface area contributed by atoms with E-state index in [2.05, 4.69) is 20.7 Å². The van der Waals surface area contributed by atoms with E-state index in [0.29, 0.717) is 26.6 Å². The van der Waals surface area contributed by atoms with E-state index in [9.17, 15) is 4.79 Å². The third-order valence-corrected chi connectivity index (χ3v) is 6.43. The summed E-state index contributed by atoms with van der Waals surface area (Å²) in [5.41, 5.74) is 6.12. The Labute approximate surface area is 205 Å². The van der Waals surface area contributed by atoms with Crippen molar-refractivity contribution in [1.82, 2.24) is 20.2 Å². The summed E-state index contributed by atoms with van der Waals surface area (Å²) in [4.78, 5) is 12.4. The van der Waals surface area contributed by atoms with Crippen molar-refractivity contribution in [3.05, 3.63) is 94.0 Å². The van der Waals surface area contributed by atoms with Crippen LogP contribution < -0.4 is 5.43 Å². The highest BCUT2D eigenvalue weighted by molar-refractivity contribution is 7.99. The number of amides is 1. The summed E-state index contributed by atoms with van der Waals surface area (Å²) in [5.74, 6) is 0.532. The van der Waals surface area contributed by atoms with Gasteiger partial charge in [0.15, 0.2) is 11.0 Å². The number of benzene rings is 3. The van der Waals surface area contributed by atoms with Crippen molar-refractivity contribution in [3.63, 3.8) is 0 Å². The van der Waals surface area contributed by atoms with Crippen LogP contribution in [-0.4, -0.2) is 32.6 Å². The molecule has 0 saturated heterocycles. The molecule has 166 valence electrons. The molecular formula is C24H19Cl2N5OS. The SMILES string of the molecule is Cc1ccc(-n2c(SCC(=O)NN=Cc3cccc(Cl)c3Cl)nnc2-c2ccccc2)cc1. The number of nitrogens with one attached hydrogen (secondary N) is 1. The van der Waals surface area contributed by atoms with Crippen molar-refractivity contribution in [2.45, 2.75) is 12.1 Å². The molecular weight excluding hydrogens is 477 g/mol. The Morgan fingerprint density at radius 2 is 1.79 bits per heavy atom. The van der Waals surface area contributed by atoms with E-state index in [4.69, 9.17) is 23.2 Å². The van der Waals surface area contributed by atoms with Gasteiger partial charge in [-0.3, -0.25) is 9.36 Å². The Balaban J connectivity index is 1.50. The molecule has 4 rings (SSSR count). The summed E-state index contributed by atoms with van der Waals surface area (Å²) in [6.45, 7) is 2.03. The molecule has 1 heterocycles. The maximum Gasteiger partial charge on any atom is 0.250 e. The standard InChI is InChI=1S/C24H19Cl2N5OS/c1-16-10-12-19(13-11-16)31-23(17-6-3-2-4-7-17)29-30-24(31)33-15-21(32)28-27-14-18-8-5-9-20(25)22(18)26/h2-14H,15H2,1H3,(H,28,32). The molecule has 0 atom stereocenters. The van der Waals surface area contributed by atoms with Crippen LogP contribution in [0.5, 0.6) is 0 Å². The first-order valence-electron chi connectivity index (χ1n) is 9.99. The number of hydrogen-bond acceptors (Lipinski definition) is 5. The Morgan fingerprint density at radius 1 is 1.03 bits per heavy atom. The molecule has 9 heteroatoms. The molecule has 0 aliphatic rings. The fourth-order valence-corrected chi connectivity index (χ4v) is 4.12. The fourth-order valence-electron chi connectivity index (χ4n) is 3.02. The highest BCUT2D eigenvalue weighted by Gasteiger charge is 2.17. The van der Waals surface area contributed by atoms with Gasteiger partial charge in [-0.25, -0.2) is 5.43 Å². The number of hydrogen-bond donors (Lipinski definition) is 1. The van der Waals surface area contributed by atoms with Crippen LogP contribution in [0.3, 0.4) is 0 Å². The van der Waals surface area contributed by atoms with Gasteiger partial charge in [-0.05, 0) is 25.1 Å². The Morgan fingerprint density at radius 3 is 2.55 bits per heavy atom. The Bertz CT molecular complexity index is 1290. The smallest absolute Gasteiger partial charge is 0.250 e. The monoisotopic (exact) mass is 495 g/mol. The summed E-state index contributed by atoms with van der Waals surface area (Å²) in [5, 5.41) is 14.1. The third-order valence-electron chi connectivity index (χ3n) is 4.66. The molecule has 0 spiro atoms. The van der Waals surface area contributed by atoms with Crippen molar-refractivity contribution in [1.29, 1.82) is 0 Å². The minimum absolute atomic E-state index is 0.111. The molecule has 1 amide bonds. The number of carbonyl (C=O) groups excluding carboxylic acids is 1. The van der Waals surface area contributed by atoms with Crippen LogP contribution in [0.25, 0.3) is 17.1 Å². The highest BCUT2D eigenvalue weighted by atomic mass is 35.5. The molecule has 0 fully saturated rings. The van der Waals surface area contributed by atoms with Crippen molar-refractivity contribution >= 4 is 47.1 Å². The van der Waals surface area contributed by atoms with Crippen LogP contribution in [0.4, 0.5) is 0 Å². The second-order valence-corrected chi connectivity index (χ2v) is 8.80. The zero-order chi connectivity index (χ0) is 23.2. The Hall–Kier alpha value is -3.13. The summed E-state index contributed by atoms with van der Waals surface area (Å²) in [6, 6.07) is 23.1. The number of aryl methyl sites for hydroxylation is 1. The first-order chi connectivity index (χ1) is 16.0. The number of rotatable bonds is 7. The fraction of sp³-hybridized carbons (Fsp3) is 0.0833. The van der Waals surface area contributed by atoms with Crippen molar-refractivity contribution in [2.75, 3.05) is 5.75 Å². The van der Waals surface area contributed by atoms with E-state index in [1.165, 1.54) is 18.0 Å². The zero-order valence-electron chi connectivity index (χ0n) is 17.6. The van der Waals surface area contributed by atoms with Gasteiger partial charge in [-0.1, -0.05) is 95.1 Å². The largest absolute Gasteiger partial charge is 0.272 e. The van der Waals surface area contributed by atoms with Gasteiger partial charge < -0.3 is 0 Å². The minimum Gasteiger partial charge on any atom is -0.272 e. The molecule has 0 saturated carbocycles. The number of nitrogens with zero attached hydrogens (tertiary/aromatic N) is 4. The minimum atomic E-state index is -0.283. The van der Waals surface area contributed by atoms with Gasteiger partial charge in [0, 0.05) is 16.8 Å². The van der Waals surface area contributed by atoms with E-state index in [-0.39, 0.29) is 11.7 Å². The van der Waals surface area contributed by atoms with Gasteiger partial charge >= 0.3 is 0 Å². The summed E-state index contributed by atoms with van der Waals surface area (Å²) in [7, 11) is 0. The second kappa shape index (κ2) is 10.7. The van der Waals surface area contributed by atoms with Crippen LogP contribution in [0.1, 0.15) is 11.1 Å². The molecule has 0 aliphatic heterocycles. The summed E-state index contributed by atoms with van der Waals surface area (Å²) >= 11 is 13.4. The topological polar surface area (TPSA) is 72.2 Å². The predicted octanol–water partition coefficient (Wildman–Crippen LogP) is 5.79. The molecule has 0 aliphatic carbocycles. The van der Waals surface area contributed by atoms with E-state index in [1.807, 2.05) is 66.1 Å². The Kier molecular flexibility index (Phi) is 7.44. The number of aromatic nitrogens is 3. The van der Waals surface area contributed by atoms with Gasteiger partial charge in [0.05, 0.1) is 22.0 Å². The lowest BCUT2D eigenvalue weighted by Gasteiger charge is -2.10. The lowest BCUT2D eigenvalue weighted by Crippen LogP contribution is -2.20. The van der Waals surface area contributed by atoms with Crippen LogP contribution in [0.2, 0.25) is 10.0 Å². The number of halogens is 2. The number of carbonyl (C=O) groups is 1. The molecule has 4 aromatic rings. The van der Waals surface area contributed by atoms with Crippen LogP contribution in [0, 0.1) is 6.92 Å². The van der Waals surface area contributed by atoms with Crippen LogP contribution >= 0.6 is 35.0 Å². The highest BCUT2D eigenvalue weighted by Crippen LogP contribution is 2.28. The first-order valence-corrected chi connectivity index (χ1v) is 11.7. The summed E-state index contributed by atoms with van der Waals surface area (Å²) < 4.78 is 1.95. The van der Waals surface area contributed by atoms with E-state index >= 15 is 0 Å². The van der Waals surface area contributed by atoms with Gasteiger partial charge in [-0.2, -0.15) is 5.10 Å². The average Bonchev–Trinajstić information content (AvgIpc) is 3.25. The van der Waals surface area contributed by atoms with Crippen LogP contribution in [-0.2, 0) is 4.79 Å². The first kappa shape index (κ1) is 23.0. The van der Waals surface area contributed by atoms with Gasteiger partial charge in [-0.15, -0.1) is 10.2 Å².